The van der Waals surface area contributed by atoms with E-state index in [-0.39, 0.29) is 0 Å². The zero-order valence-corrected chi connectivity index (χ0v) is 25.3. The predicted octanol–water partition coefficient (Wildman–Crippen LogP) is 11.8. The molecule has 0 unspecified atom stereocenters. The van der Waals surface area contributed by atoms with E-state index in [4.69, 9.17) is 0 Å². The normalized spacial score (nSPS) is 12.8. The van der Waals surface area contributed by atoms with Crippen LogP contribution in [0.25, 0.3) is 10.8 Å². The molecule has 0 spiro atoms. The van der Waals surface area contributed by atoms with E-state index in [1.807, 2.05) is 44.7 Å². The molecule has 200 valence electrons. The summed E-state index contributed by atoms with van der Waals surface area (Å²) in [5.74, 6) is 1.11. The van der Waals surface area contributed by atoms with Crippen molar-refractivity contribution in [3.05, 3.63) is 150 Å². The molecule has 2 aromatic carbocycles. The molecule has 0 heterocycles. The van der Waals surface area contributed by atoms with Gasteiger partial charge in [0.1, 0.15) is 0 Å². The second kappa shape index (κ2) is 20.9. The van der Waals surface area contributed by atoms with Crippen LogP contribution in [0.15, 0.2) is 150 Å². The maximum absolute atomic E-state index is 4.20. The molecule has 0 aliphatic heterocycles. The second-order valence-corrected chi connectivity index (χ2v) is 10.3. The Kier molecular flexibility index (Phi) is 18.1. The molecule has 0 aromatic heterocycles. The summed E-state index contributed by atoms with van der Waals surface area (Å²) < 4.78 is 0. The molecule has 0 atom stereocenters. The van der Waals surface area contributed by atoms with Crippen LogP contribution in [0, 0.1) is 0 Å². The van der Waals surface area contributed by atoms with Gasteiger partial charge in [-0.1, -0.05) is 131 Å². The topological polar surface area (TPSA) is 3.24 Å². The average Bonchev–Trinajstić information content (AvgIpc) is 2.94. The van der Waals surface area contributed by atoms with Gasteiger partial charge in [0, 0.05) is 22.2 Å². The molecule has 0 saturated carbocycles. The van der Waals surface area contributed by atoms with Crippen LogP contribution >= 0.6 is 23.5 Å². The van der Waals surface area contributed by atoms with Crippen molar-refractivity contribution in [1.82, 2.24) is 0 Å². The summed E-state index contributed by atoms with van der Waals surface area (Å²) in [5.41, 5.74) is 2.20. The molecule has 0 fully saturated rings. The molecule has 1 nitrogen and oxygen atoms in total. The Morgan fingerprint density at radius 2 is 1.71 bits per heavy atom. The van der Waals surface area contributed by atoms with Gasteiger partial charge in [-0.2, -0.15) is 0 Å². The van der Waals surface area contributed by atoms with Gasteiger partial charge in [0.15, 0.2) is 0 Å². The number of thioether (sulfide) groups is 2. The molecule has 38 heavy (non-hydrogen) atoms. The van der Waals surface area contributed by atoms with Gasteiger partial charge in [0.05, 0.1) is 5.69 Å². The molecular weight excluding hydrogens is 499 g/mol. The number of nitrogens with zero attached hydrogens (tertiary/aromatic N) is 1. The molecular formula is C35H43NS2. The van der Waals surface area contributed by atoms with Gasteiger partial charge in [-0.05, 0) is 66.0 Å². The molecule has 0 N–H and O–H groups in total. The average molecular weight is 542 g/mol. The van der Waals surface area contributed by atoms with E-state index in [1.54, 1.807) is 17.8 Å². The first kappa shape index (κ1) is 32.9. The summed E-state index contributed by atoms with van der Waals surface area (Å²) in [5, 5.41) is 4.54. The maximum atomic E-state index is 4.20. The number of anilines is 1. The Bertz CT molecular complexity index is 1200. The molecule has 0 radical (unpaired) electrons. The highest BCUT2D eigenvalue weighted by Gasteiger charge is 2.09. The minimum atomic E-state index is 0.918. The molecule has 0 aliphatic rings. The minimum absolute atomic E-state index is 0.918. The predicted molar refractivity (Wildman–Crippen MR) is 181 cm³/mol. The van der Waals surface area contributed by atoms with E-state index in [1.165, 1.54) is 15.7 Å². The lowest BCUT2D eigenvalue weighted by atomic mass is 10.1. The summed E-state index contributed by atoms with van der Waals surface area (Å²) in [6.07, 6.45) is 25.7. The number of benzene rings is 2. The number of hydrogen-bond acceptors (Lipinski definition) is 3. The molecule has 0 saturated heterocycles. The SMILES string of the molecule is C=C/C=C\C(=C/C)N(/C=C/C=C\C(=C)S/C(C)=C/C/C=C\C=C\SCC)c1cccc2ccccc12.CC. The van der Waals surface area contributed by atoms with Gasteiger partial charge >= 0.3 is 0 Å². The molecule has 3 heteroatoms. The molecule has 0 aliphatic carbocycles. The highest BCUT2D eigenvalue weighted by atomic mass is 32.2. The Hall–Kier alpha value is -3.14. The Balaban J connectivity index is 0.00000352. The monoisotopic (exact) mass is 541 g/mol. The maximum Gasteiger partial charge on any atom is 0.0533 e. The van der Waals surface area contributed by atoms with Crippen molar-refractivity contribution < 1.29 is 0 Å². The van der Waals surface area contributed by atoms with Crippen LogP contribution in [0.2, 0.25) is 0 Å². The summed E-state index contributed by atoms with van der Waals surface area (Å²) >= 11 is 3.50. The smallest absolute Gasteiger partial charge is 0.0533 e. The van der Waals surface area contributed by atoms with Crippen LogP contribution in [0.3, 0.4) is 0 Å². The van der Waals surface area contributed by atoms with Crippen molar-refractivity contribution in [2.75, 3.05) is 10.7 Å². The van der Waals surface area contributed by atoms with E-state index < -0.39 is 0 Å². The van der Waals surface area contributed by atoms with Crippen molar-refractivity contribution >= 4 is 40.0 Å². The van der Waals surface area contributed by atoms with Crippen LogP contribution < -0.4 is 4.90 Å². The van der Waals surface area contributed by atoms with Crippen LogP contribution in [0.5, 0.6) is 0 Å². The van der Waals surface area contributed by atoms with Gasteiger partial charge in [-0.25, -0.2) is 0 Å². The first-order valence-electron chi connectivity index (χ1n) is 13.1. The van der Waals surface area contributed by atoms with E-state index in [2.05, 4.69) is 135 Å². The van der Waals surface area contributed by atoms with Crippen molar-refractivity contribution in [2.24, 2.45) is 0 Å². The lowest BCUT2D eigenvalue weighted by Gasteiger charge is -2.23. The van der Waals surface area contributed by atoms with Crippen LogP contribution in [0.4, 0.5) is 5.69 Å². The van der Waals surface area contributed by atoms with E-state index in [0.717, 1.165) is 28.5 Å². The summed E-state index contributed by atoms with van der Waals surface area (Å²) in [6, 6.07) is 14.9. The van der Waals surface area contributed by atoms with Crippen LogP contribution in [0.1, 0.15) is 41.0 Å². The van der Waals surface area contributed by atoms with E-state index in [9.17, 15) is 0 Å². The first-order valence-corrected chi connectivity index (χ1v) is 15.0. The van der Waals surface area contributed by atoms with Crippen molar-refractivity contribution in [3.8, 4) is 0 Å². The third-order valence-corrected chi connectivity index (χ3v) is 6.62. The van der Waals surface area contributed by atoms with Gasteiger partial charge in [0.2, 0.25) is 0 Å². The van der Waals surface area contributed by atoms with Crippen LogP contribution in [-0.2, 0) is 0 Å². The standard InChI is InChI=1S/C33H37NS2.C2H6/c1-6-9-23-31(7-2)34(33-25-18-22-30-21-13-14-24-32(30)33)26-16-15-20-29(5)36-28(4)19-12-10-11-17-27-35-8-3;1-2/h6-7,9-11,13-27H,1,5,8,12H2,2-4H3;1-2H3/b11-10-,20-15-,23-9-,26-16+,27-17+,28-19+,31-7+;. The third kappa shape index (κ3) is 12.4. The lowest BCUT2D eigenvalue weighted by Crippen LogP contribution is -2.14. The molecule has 2 rings (SSSR count). The Labute approximate surface area is 240 Å². The zero-order chi connectivity index (χ0) is 28.0. The summed E-state index contributed by atoms with van der Waals surface area (Å²) in [6.45, 7) is 18.4. The summed E-state index contributed by atoms with van der Waals surface area (Å²) in [4.78, 5) is 4.45. The summed E-state index contributed by atoms with van der Waals surface area (Å²) in [7, 11) is 0. The fourth-order valence-corrected chi connectivity index (χ4v) is 4.51. The fourth-order valence-electron chi connectivity index (χ4n) is 3.38. The largest absolute Gasteiger partial charge is 0.317 e. The Morgan fingerprint density at radius 1 is 0.947 bits per heavy atom. The Morgan fingerprint density at radius 3 is 2.45 bits per heavy atom. The van der Waals surface area contributed by atoms with Crippen molar-refractivity contribution in [2.45, 2.75) is 41.0 Å². The lowest BCUT2D eigenvalue weighted by molar-refractivity contribution is 1.20. The number of fused-ring (bicyclic) bond motifs is 1. The van der Waals surface area contributed by atoms with Gasteiger partial charge in [-0.3, -0.25) is 0 Å². The second-order valence-electron chi connectivity index (χ2n) is 7.71. The zero-order valence-electron chi connectivity index (χ0n) is 23.6. The van der Waals surface area contributed by atoms with Crippen LogP contribution in [-0.4, -0.2) is 5.75 Å². The molecule has 0 amide bonds. The number of allylic oxidation sites excluding steroid dienone is 12. The highest BCUT2D eigenvalue weighted by Crippen LogP contribution is 2.30. The van der Waals surface area contributed by atoms with Gasteiger partial charge in [-0.15, -0.1) is 11.8 Å². The van der Waals surface area contributed by atoms with E-state index >= 15 is 0 Å². The minimum Gasteiger partial charge on any atom is -0.317 e. The quantitative estimate of drug-likeness (QED) is 0.219. The molecule has 0 bridgehead atoms. The van der Waals surface area contributed by atoms with Crippen molar-refractivity contribution in [1.29, 1.82) is 0 Å². The number of hydrogen-bond donors (Lipinski definition) is 0. The van der Waals surface area contributed by atoms with Crippen molar-refractivity contribution in [3.63, 3.8) is 0 Å². The first-order chi connectivity index (χ1) is 18.6. The van der Waals surface area contributed by atoms with E-state index in [0.29, 0.717) is 0 Å². The van der Waals surface area contributed by atoms with Gasteiger partial charge < -0.3 is 4.90 Å². The number of rotatable bonds is 14. The third-order valence-electron chi connectivity index (χ3n) is 5.05. The highest BCUT2D eigenvalue weighted by molar-refractivity contribution is 8.06. The van der Waals surface area contributed by atoms with Gasteiger partial charge in [0.25, 0.3) is 0 Å². The molecule has 2 aromatic rings. The fraction of sp³-hybridized carbons (Fsp3) is 0.200.